The minimum absolute atomic E-state index is 0.113. The summed E-state index contributed by atoms with van der Waals surface area (Å²) in [6.45, 7) is 2.43. The Morgan fingerprint density at radius 1 is 1.32 bits per heavy atom. The van der Waals surface area contributed by atoms with Crippen LogP contribution in [0.2, 0.25) is 0 Å². The van der Waals surface area contributed by atoms with Crippen molar-refractivity contribution >= 4 is 11.7 Å². The second-order valence-corrected chi connectivity index (χ2v) is 5.77. The summed E-state index contributed by atoms with van der Waals surface area (Å²) in [6.07, 6.45) is -4.37. The van der Waals surface area contributed by atoms with Gasteiger partial charge in [0.15, 0.2) is 12.0 Å². The van der Waals surface area contributed by atoms with Gasteiger partial charge in [-0.2, -0.15) is 13.2 Å². The van der Waals surface area contributed by atoms with Crippen LogP contribution < -0.4 is 0 Å². The first-order valence-corrected chi connectivity index (χ1v) is 6.88. The quantitative estimate of drug-likeness (QED) is 0.489. The van der Waals surface area contributed by atoms with Gasteiger partial charge in [-0.1, -0.05) is 12.1 Å². The number of alkyl halides is 3. The predicted octanol–water partition coefficient (Wildman–Crippen LogP) is 2.48. The van der Waals surface area contributed by atoms with Crippen LogP contribution >= 0.6 is 0 Å². The van der Waals surface area contributed by atoms with Crippen LogP contribution in [0.15, 0.2) is 24.3 Å². The number of epoxide rings is 1. The molecule has 0 spiro atoms. The highest BCUT2D eigenvalue weighted by molar-refractivity contribution is 6.14. The average Bonchev–Trinajstić information content (AvgIpc) is 3.26. The molecule has 2 heterocycles. The number of benzene rings is 1. The molecule has 2 saturated heterocycles. The summed E-state index contributed by atoms with van der Waals surface area (Å²) in [5.74, 6) is -0.769. The number of amides is 1. The van der Waals surface area contributed by atoms with Crippen molar-refractivity contribution < 1.29 is 27.5 Å². The fourth-order valence-electron chi connectivity index (χ4n) is 2.71. The number of ether oxygens (including phenoxy) is 1. The Balaban J connectivity index is 1.83. The molecule has 0 radical (unpaired) electrons. The molecule has 4 nitrogen and oxygen atoms in total. The van der Waals surface area contributed by atoms with Crippen LogP contribution in [0.25, 0.3) is 0 Å². The number of halogens is 3. The zero-order valence-electron chi connectivity index (χ0n) is 11.8. The number of rotatable bonds is 3. The van der Waals surface area contributed by atoms with E-state index in [1.807, 2.05) is 0 Å². The van der Waals surface area contributed by atoms with Gasteiger partial charge in [0.25, 0.3) is 0 Å². The van der Waals surface area contributed by atoms with Crippen molar-refractivity contribution in [2.24, 2.45) is 5.41 Å². The van der Waals surface area contributed by atoms with Crippen molar-refractivity contribution in [1.29, 1.82) is 0 Å². The topological polar surface area (TPSA) is 49.9 Å². The van der Waals surface area contributed by atoms with Crippen molar-refractivity contribution in [2.45, 2.75) is 25.7 Å². The predicted molar refractivity (Wildman–Crippen MR) is 70.0 cm³/mol. The second-order valence-electron chi connectivity index (χ2n) is 5.77. The molecule has 2 fully saturated rings. The summed E-state index contributed by atoms with van der Waals surface area (Å²) in [5.41, 5.74) is -1.94. The van der Waals surface area contributed by atoms with E-state index in [1.165, 1.54) is 11.8 Å². The van der Waals surface area contributed by atoms with E-state index < -0.39 is 22.9 Å². The van der Waals surface area contributed by atoms with Crippen molar-refractivity contribution in [1.82, 2.24) is 4.90 Å². The van der Waals surface area contributed by atoms with Crippen LogP contribution in [0, 0.1) is 5.41 Å². The van der Waals surface area contributed by atoms with E-state index in [-0.39, 0.29) is 17.7 Å². The fraction of sp³-hybridized carbons (Fsp3) is 0.467. The van der Waals surface area contributed by atoms with E-state index in [4.69, 9.17) is 4.74 Å². The molecule has 1 aromatic rings. The summed E-state index contributed by atoms with van der Waals surface area (Å²) < 4.78 is 42.7. The zero-order valence-corrected chi connectivity index (χ0v) is 11.8. The molecular formula is C15H14F3NO3. The first kappa shape index (κ1) is 15.0. The highest BCUT2D eigenvalue weighted by Gasteiger charge is 2.52. The molecule has 0 aliphatic carbocycles. The van der Waals surface area contributed by atoms with E-state index in [9.17, 15) is 22.8 Å². The Labute approximate surface area is 124 Å². The summed E-state index contributed by atoms with van der Waals surface area (Å²) >= 11 is 0. The minimum Gasteiger partial charge on any atom is -0.351 e. The van der Waals surface area contributed by atoms with E-state index in [0.29, 0.717) is 19.6 Å². The van der Waals surface area contributed by atoms with Crippen molar-refractivity contribution in [3.63, 3.8) is 0 Å². The molecule has 0 saturated carbocycles. The van der Waals surface area contributed by atoms with E-state index >= 15 is 0 Å². The maximum absolute atomic E-state index is 12.6. The summed E-state index contributed by atoms with van der Waals surface area (Å²) in [6, 6.07) is 3.97. The molecular weight excluding hydrogens is 299 g/mol. The van der Waals surface area contributed by atoms with Gasteiger partial charge in [0.2, 0.25) is 5.91 Å². The first-order valence-electron chi connectivity index (χ1n) is 6.88. The maximum Gasteiger partial charge on any atom is 0.416 e. The van der Waals surface area contributed by atoms with Gasteiger partial charge < -0.3 is 9.64 Å². The minimum atomic E-state index is -4.45. The number of hydrogen-bond donors (Lipinski definition) is 0. The molecule has 3 rings (SSSR count). The average molecular weight is 313 g/mol. The third kappa shape index (κ3) is 2.39. The van der Waals surface area contributed by atoms with Crippen LogP contribution in [0.4, 0.5) is 13.2 Å². The van der Waals surface area contributed by atoms with Crippen LogP contribution in [0.3, 0.4) is 0 Å². The van der Waals surface area contributed by atoms with Gasteiger partial charge in [0.05, 0.1) is 12.2 Å². The SMILES string of the molecule is C[C@@]1(C(=O)c2ccc(C(F)(F)F)cc2)CCN(C2CO2)C1=O. The van der Waals surface area contributed by atoms with Crippen molar-refractivity contribution in [2.75, 3.05) is 13.2 Å². The molecule has 7 heteroatoms. The monoisotopic (exact) mass is 313 g/mol. The molecule has 2 aliphatic rings. The smallest absolute Gasteiger partial charge is 0.351 e. The van der Waals surface area contributed by atoms with Gasteiger partial charge in [0, 0.05) is 12.1 Å². The Hall–Kier alpha value is -1.89. The number of likely N-dealkylation sites (tertiary alicyclic amines) is 1. The molecule has 1 aromatic carbocycles. The molecule has 1 unspecified atom stereocenters. The Morgan fingerprint density at radius 2 is 1.91 bits per heavy atom. The summed E-state index contributed by atoms with van der Waals surface area (Å²) in [4.78, 5) is 26.5. The van der Waals surface area contributed by atoms with Crippen molar-refractivity contribution in [3.05, 3.63) is 35.4 Å². The lowest BCUT2D eigenvalue weighted by Crippen LogP contribution is -2.39. The molecule has 1 amide bonds. The normalized spacial score (nSPS) is 28.1. The fourth-order valence-corrected chi connectivity index (χ4v) is 2.71. The first-order chi connectivity index (χ1) is 10.2. The van der Waals surface area contributed by atoms with Gasteiger partial charge in [-0.3, -0.25) is 9.59 Å². The molecule has 118 valence electrons. The number of carbonyl (C=O) groups is 2. The third-order valence-electron chi connectivity index (χ3n) is 4.22. The number of Topliss-reactive ketones (excluding diaryl/α,β-unsaturated/α-hetero) is 1. The molecule has 2 aliphatic heterocycles. The van der Waals surface area contributed by atoms with Crippen LogP contribution in [-0.4, -0.2) is 36.0 Å². The summed E-state index contributed by atoms with van der Waals surface area (Å²) in [5, 5.41) is 0. The lowest BCUT2D eigenvalue weighted by atomic mass is 9.80. The van der Waals surface area contributed by atoms with Gasteiger partial charge >= 0.3 is 6.18 Å². The van der Waals surface area contributed by atoms with E-state index in [1.54, 1.807) is 0 Å². The van der Waals surface area contributed by atoms with E-state index in [0.717, 1.165) is 24.3 Å². The Morgan fingerprint density at radius 3 is 2.41 bits per heavy atom. The Bertz CT molecular complexity index is 622. The number of carbonyl (C=O) groups excluding carboxylic acids is 2. The van der Waals surface area contributed by atoms with Crippen LogP contribution in [-0.2, 0) is 15.7 Å². The highest BCUT2D eigenvalue weighted by Crippen LogP contribution is 2.38. The van der Waals surface area contributed by atoms with Gasteiger partial charge in [0.1, 0.15) is 5.41 Å². The largest absolute Gasteiger partial charge is 0.416 e. The van der Waals surface area contributed by atoms with Gasteiger partial charge in [-0.05, 0) is 25.5 Å². The molecule has 0 N–H and O–H groups in total. The number of ketones is 1. The lowest BCUT2D eigenvalue weighted by Gasteiger charge is -2.21. The third-order valence-corrected chi connectivity index (χ3v) is 4.22. The second kappa shape index (κ2) is 4.81. The van der Waals surface area contributed by atoms with E-state index in [2.05, 4.69) is 0 Å². The molecule has 0 bridgehead atoms. The molecule has 0 aromatic heterocycles. The maximum atomic E-state index is 12.6. The lowest BCUT2D eigenvalue weighted by molar-refractivity contribution is -0.137. The highest BCUT2D eigenvalue weighted by atomic mass is 19.4. The number of nitrogens with zero attached hydrogens (tertiary/aromatic N) is 1. The number of hydrogen-bond acceptors (Lipinski definition) is 3. The van der Waals surface area contributed by atoms with Crippen molar-refractivity contribution in [3.8, 4) is 0 Å². The van der Waals surface area contributed by atoms with Crippen LogP contribution in [0.5, 0.6) is 0 Å². The van der Waals surface area contributed by atoms with Gasteiger partial charge in [-0.15, -0.1) is 0 Å². The summed E-state index contributed by atoms with van der Waals surface area (Å²) in [7, 11) is 0. The zero-order chi connectivity index (χ0) is 16.1. The standard InChI is InChI=1S/C15H14F3NO3/c1-14(6-7-19(13(14)21)11-8-22-11)12(20)9-2-4-10(5-3-9)15(16,17)18/h2-5,11H,6-8H2,1H3/t11?,14-/m0/s1. The molecule has 2 atom stereocenters. The molecule has 22 heavy (non-hydrogen) atoms. The van der Waals surface area contributed by atoms with Gasteiger partial charge in [-0.25, -0.2) is 0 Å². The Kier molecular flexibility index (Phi) is 3.28. The van der Waals surface area contributed by atoms with Crippen LogP contribution in [0.1, 0.15) is 29.3 Å².